The third kappa shape index (κ3) is 2.51. The van der Waals surface area contributed by atoms with Crippen molar-refractivity contribution in [3.8, 4) is 0 Å². The Hall–Kier alpha value is -1.31. The Bertz CT molecular complexity index is 377. The minimum atomic E-state index is -0.674. The molecule has 1 aliphatic carbocycles. The average molecular weight is 232 g/mol. The molecule has 2 heteroatoms. The summed E-state index contributed by atoms with van der Waals surface area (Å²) in [6.45, 7) is 1.82. The van der Waals surface area contributed by atoms with Gasteiger partial charge in [-0.1, -0.05) is 50.1 Å². The number of carboxylic acids is 1. The summed E-state index contributed by atoms with van der Waals surface area (Å²) in [6, 6.07) is 10.4. The maximum Gasteiger partial charge on any atom is 0.306 e. The lowest BCUT2D eigenvalue weighted by atomic mass is 9.73. The third-order valence-electron chi connectivity index (χ3n) is 4.07. The predicted octanol–water partition coefficient (Wildman–Crippen LogP) is 3.61. The minimum absolute atomic E-state index is 0.110. The van der Waals surface area contributed by atoms with Gasteiger partial charge in [-0.3, -0.25) is 4.79 Å². The van der Waals surface area contributed by atoms with Crippen LogP contribution in [0.5, 0.6) is 0 Å². The van der Waals surface area contributed by atoms with Crippen molar-refractivity contribution in [1.29, 1.82) is 0 Å². The van der Waals surface area contributed by atoms with Crippen molar-refractivity contribution in [3.63, 3.8) is 0 Å². The van der Waals surface area contributed by atoms with Gasteiger partial charge in [-0.15, -0.1) is 0 Å². The normalized spacial score (nSPS) is 20.1. The van der Waals surface area contributed by atoms with Crippen molar-refractivity contribution in [2.24, 2.45) is 5.92 Å². The minimum Gasteiger partial charge on any atom is -0.481 e. The Balaban J connectivity index is 2.24. The summed E-state index contributed by atoms with van der Waals surface area (Å²) in [5.74, 6) is -0.930. The molecule has 1 atom stereocenters. The van der Waals surface area contributed by atoms with Gasteiger partial charge in [0.2, 0.25) is 0 Å². The summed E-state index contributed by atoms with van der Waals surface area (Å²) in [4.78, 5) is 11.1. The molecule has 1 unspecified atom stereocenters. The molecule has 2 nitrogen and oxygen atoms in total. The van der Waals surface area contributed by atoms with Crippen LogP contribution in [-0.4, -0.2) is 11.1 Å². The number of hydrogen-bond acceptors (Lipinski definition) is 1. The van der Waals surface area contributed by atoms with Crippen LogP contribution < -0.4 is 0 Å². The van der Waals surface area contributed by atoms with E-state index in [0.29, 0.717) is 0 Å². The lowest BCUT2D eigenvalue weighted by Gasteiger charge is -2.31. The molecule has 1 aromatic carbocycles. The zero-order valence-corrected chi connectivity index (χ0v) is 10.4. The van der Waals surface area contributed by atoms with Crippen LogP contribution in [0.1, 0.15) is 44.6 Å². The van der Waals surface area contributed by atoms with Gasteiger partial charge in [0.25, 0.3) is 0 Å². The smallest absolute Gasteiger partial charge is 0.306 e. The molecule has 0 heterocycles. The number of rotatable bonds is 4. The molecule has 1 aromatic rings. The first-order valence-electron chi connectivity index (χ1n) is 6.42. The number of carboxylic acid groups (broad SMARTS) is 1. The molecule has 1 aliphatic rings. The van der Waals surface area contributed by atoms with E-state index in [0.717, 1.165) is 19.3 Å². The molecule has 0 spiro atoms. The summed E-state index contributed by atoms with van der Waals surface area (Å²) >= 11 is 0. The van der Waals surface area contributed by atoms with Gasteiger partial charge in [-0.05, 0) is 30.2 Å². The third-order valence-corrected chi connectivity index (χ3v) is 4.07. The van der Waals surface area contributed by atoms with Crippen LogP contribution >= 0.6 is 0 Å². The lowest BCUT2D eigenvalue weighted by Crippen LogP contribution is -2.27. The van der Waals surface area contributed by atoms with E-state index in [2.05, 4.69) is 24.3 Å². The van der Waals surface area contributed by atoms with Gasteiger partial charge in [0.05, 0.1) is 5.92 Å². The zero-order chi connectivity index (χ0) is 12.3. The topological polar surface area (TPSA) is 37.3 Å². The second kappa shape index (κ2) is 4.91. The second-order valence-electron chi connectivity index (χ2n) is 5.30. The number of carbonyl (C=O) groups is 1. The van der Waals surface area contributed by atoms with Crippen molar-refractivity contribution < 1.29 is 9.90 Å². The molecule has 0 radical (unpaired) electrons. The number of benzene rings is 1. The van der Waals surface area contributed by atoms with Gasteiger partial charge in [0.1, 0.15) is 0 Å². The van der Waals surface area contributed by atoms with E-state index < -0.39 is 5.97 Å². The highest BCUT2D eigenvalue weighted by molar-refractivity contribution is 5.69. The monoisotopic (exact) mass is 232 g/mol. The van der Waals surface area contributed by atoms with Gasteiger partial charge in [-0.2, -0.15) is 0 Å². The van der Waals surface area contributed by atoms with Gasteiger partial charge >= 0.3 is 5.97 Å². The second-order valence-corrected chi connectivity index (χ2v) is 5.30. The SMILES string of the molecule is CC(CC1(c2ccccc2)CCCC1)C(=O)O. The molecular formula is C15H20O2. The van der Waals surface area contributed by atoms with Gasteiger partial charge in [-0.25, -0.2) is 0 Å². The first-order valence-corrected chi connectivity index (χ1v) is 6.42. The van der Waals surface area contributed by atoms with E-state index >= 15 is 0 Å². The molecule has 0 amide bonds. The first kappa shape index (κ1) is 12.2. The van der Waals surface area contributed by atoms with Crippen molar-refractivity contribution in [3.05, 3.63) is 35.9 Å². The number of aliphatic carboxylic acids is 1. The maximum absolute atomic E-state index is 11.1. The Labute approximate surface area is 103 Å². The molecule has 0 aromatic heterocycles. The van der Waals surface area contributed by atoms with Crippen molar-refractivity contribution >= 4 is 5.97 Å². The van der Waals surface area contributed by atoms with Crippen molar-refractivity contribution in [1.82, 2.24) is 0 Å². The molecule has 0 saturated heterocycles. The molecule has 17 heavy (non-hydrogen) atoms. The highest BCUT2D eigenvalue weighted by Crippen LogP contribution is 2.45. The quantitative estimate of drug-likeness (QED) is 0.861. The van der Waals surface area contributed by atoms with Crippen LogP contribution in [0, 0.1) is 5.92 Å². The molecule has 92 valence electrons. The summed E-state index contributed by atoms with van der Waals surface area (Å²) in [5, 5.41) is 9.10. The van der Waals surface area contributed by atoms with Crippen LogP contribution in [-0.2, 0) is 10.2 Å². The van der Waals surface area contributed by atoms with Crippen LogP contribution in [0.4, 0.5) is 0 Å². The van der Waals surface area contributed by atoms with Crippen LogP contribution in [0.3, 0.4) is 0 Å². The van der Waals surface area contributed by atoms with E-state index in [1.54, 1.807) is 0 Å². The molecule has 2 rings (SSSR count). The summed E-state index contributed by atoms with van der Waals surface area (Å²) in [7, 11) is 0. The average Bonchev–Trinajstić information content (AvgIpc) is 2.80. The van der Waals surface area contributed by atoms with Crippen LogP contribution in [0.2, 0.25) is 0 Å². The highest BCUT2D eigenvalue weighted by atomic mass is 16.4. The predicted molar refractivity (Wildman–Crippen MR) is 68.0 cm³/mol. The molecule has 1 N–H and O–H groups in total. The van der Waals surface area contributed by atoms with Crippen LogP contribution in [0.25, 0.3) is 0 Å². The zero-order valence-electron chi connectivity index (χ0n) is 10.4. The fraction of sp³-hybridized carbons (Fsp3) is 0.533. The van der Waals surface area contributed by atoms with Gasteiger partial charge in [0, 0.05) is 0 Å². The van der Waals surface area contributed by atoms with Crippen LogP contribution in [0.15, 0.2) is 30.3 Å². The standard InChI is InChI=1S/C15H20O2/c1-12(14(16)17)11-15(9-5-6-10-15)13-7-3-2-4-8-13/h2-4,7-8,12H,5-6,9-11H2,1H3,(H,16,17). The van der Waals surface area contributed by atoms with Crippen molar-refractivity contribution in [2.45, 2.75) is 44.4 Å². The fourth-order valence-electron chi connectivity index (χ4n) is 3.13. The molecular weight excluding hydrogens is 212 g/mol. The maximum atomic E-state index is 11.1. The summed E-state index contributed by atoms with van der Waals surface area (Å²) in [5.41, 5.74) is 1.43. The Morgan fingerprint density at radius 3 is 2.41 bits per heavy atom. The van der Waals surface area contributed by atoms with Gasteiger partial charge < -0.3 is 5.11 Å². The Kier molecular flexibility index (Phi) is 3.51. The summed E-state index contributed by atoms with van der Waals surface area (Å²) in [6.07, 6.45) is 5.48. The van der Waals surface area contributed by atoms with E-state index in [4.69, 9.17) is 5.11 Å². The highest BCUT2D eigenvalue weighted by Gasteiger charge is 2.37. The number of hydrogen-bond donors (Lipinski definition) is 1. The van der Waals surface area contributed by atoms with Crippen molar-refractivity contribution in [2.75, 3.05) is 0 Å². The van der Waals surface area contributed by atoms with E-state index in [1.165, 1.54) is 18.4 Å². The fourth-order valence-corrected chi connectivity index (χ4v) is 3.13. The lowest BCUT2D eigenvalue weighted by molar-refractivity contribution is -0.141. The van der Waals surface area contributed by atoms with E-state index in [9.17, 15) is 4.79 Å². The van der Waals surface area contributed by atoms with E-state index in [1.807, 2.05) is 13.0 Å². The molecule has 1 saturated carbocycles. The molecule has 1 fully saturated rings. The molecule has 0 bridgehead atoms. The largest absolute Gasteiger partial charge is 0.481 e. The molecule has 0 aliphatic heterocycles. The Morgan fingerprint density at radius 1 is 1.29 bits per heavy atom. The Morgan fingerprint density at radius 2 is 1.88 bits per heavy atom. The van der Waals surface area contributed by atoms with Gasteiger partial charge in [0.15, 0.2) is 0 Å². The van der Waals surface area contributed by atoms with E-state index in [-0.39, 0.29) is 11.3 Å². The first-order chi connectivity index (χ1) is 8.14. The summed E-state index contributed by atoms with van der Waals surface area (Å²) < 4.78 is 0.